The molecule has 0 aliphatic heterocycles. The Labute approximate surface area is 191 Å². The number of fused-ring (bicyclic) bond motifs is 1. The Morgan fingerprint density at radius 3 is 2.81 bits per heavy atom. The number of rotatable bonds is 8. The number of amides is 1. The second-order valence-corrected chi connectivity index (χ2v) is 9.14. The number of ether oxygens (including phenoxy) is 1. The minimum Gasteiger partial charge on any atom is -0.490 e. The molecule has 8 nitrogen and oxygen atoms in total. The predicted molar refractivity (Wildman–Crippen MR) is 124 cm³/mol. The van der Waals surface area contributed by atoms with Crippen molar-refractivity contribution in [2.45, 2.75) is 17.4 Å². The quantitative estimate of drug-likeness (QED) is 0.228. The van der Waals surface area contributed by atoms with Crippen LogP contribution in [0.4, 0.5) is 5.13 Å². The minimum atomic E-state index is -0.805. The van der Waals surface area contributed by atoms with Gasteiger partial charge in [-0.15, -0.1) is 10.2 Å². The highest BCUT2D eigenvalue weighted by Crippen LogP contribution is 2.27. The molecule has 4 rings (SSSR count). The first-order valence-corrected chi connectivity index (χ1v) is 11.5. The van der Waals surface area contributed by atoms with Crippen LogP contribution in [-0.2, 0) is 0 Å². The maximum Gasteiger partial charge on any atom is 0.339 e. The van der Waals surface area contributed by atoms with E-state index in [1.54, 1.807) is 30.3 Å². The Morgan fingerprint density at radius 2 is 2.00 bits per heavy atom. The van der Waals surface area contributed by atoms with Gasteiger partial charge in [0.15, 0.2) is 4.34 Å². The Bertz CT molecular complexity index is 1290. The van der Waals surface area contributed by atoms with Crippen molar-refractivity contribution in [2.75, 3.05) is 17.7 Å². The lowest BCUT2D eigenvalue weighted by Gasteiger charge is -2.12. The van der Waals surface area contributed by atoms with Gasteiger partial charge in [0, 0.05) is 11.3 Å². The van der Waals surface area contributed by atoms with E-state index < -0.39 is 11.7 Å². The molecule has 1 amide bonds. The average Bonchev–Trinajstić information content (AvgIpc) is 3.23. The lowest BCUT2D eigenvalue weighted by Crippen LogP contribution is -2.20. The highest BCUT2D eigenvalue weighted by Gasteiger charge is 2.14. The van der Waals surface area contributed by atoms with E-state index in [9.17, 15) is 14.7 Å². The van der Waals surface area contributed by atoms with E-state index in [1.165, 1.54) is 29.2 Å². The van der Waals surface area contributed by atoms with Crippen LogP contribution in [0.3, 0.4) is 0 Å². The van der Waals surface area contributed by atoms with Crippen molar-refractivity contribution in [2.24, 2.45) is 0 Å². The topological polar surface area (TPSA) is 115 Å². The van der Waals surface area contributed by atoms with Crippen molar-refractivity contribution in [1.82, 2.24) is 10.2 Å². The molecule has 0 radical (unpaired) electrons. The summed E-state index contributed by atoms with van der Waals surface area (Å²) in [6.07, 6.45) is -0.805. The van der Waals surface area contributed by atoms with Crippen LogP contribution in [0.1, 0.15) is 15.9 Å². The van der Waals surface area contributed by atoms with E-state index in [4.69, 9.17) is 9.15 Å². The van der Waals surface area contributed by atoms with Crippen LogP contribution >= 0.6 is 23.1 Å². The van der Waals surface area contributed by atoms with Crippen LogP contribution in [0.2, 0.25) is 0 Å². The van der Waals surface area contributed by atoms with Gasteiger partial charge in [0.05, 0.1) is 17.6 Å². The van der Waals surface area contributed by atoms with Gasteiger partial charge in [0.2, 0.25) is 5.13 Å². The van der Waals surface area contributed by atoms with Crippen LogP contribution in [0.25, 0.3) is 11.0 Å². The Morgan fingerprint density at radius 1 is 1.22 bits per heavy atom. The van der Waals surface area contributed by atoms with Gasteiger partial charge in [-0.05, 0) is 31.2 Å². The number of aryl methyl sites for hydroxylation is 1. The van der Waals surface area contributed by atoms with Gasteiger partial charge in [-0.25, -0.2) is 4.79 Å². The Hall–Kier alpha value is -3.21. The van der Waals surface area contributed by atoms with E-state index in [1.807, 2.05) is 25.1 Å². The van der Waals surface area contributed by atoms with E-state index in [0.717, 1.165) is 5.56 Å². The molecular weight excluding hydrogens is 450 g/mol. The van der Waals surface area contributed by atoms with Gasteiger partial charge in [-0.1, -0.05) is 52.9 Å². The fourth-order valence-corrected chi connectivity index (χ4v) is 4.47. The van der Waals surface area contributed by atoms with E-state index >= 15 is 0 Å². The third-order valence-corrected chi connectivity index (χ3v) is 6.50. The molecule has 1 unspecified atom stereocenters. The summed E-state index contributed by atoms with van der Waals surface area (Å²) in [5.41, 5.74) is 1.52. The maximum absolute atomic E-state index is 12.3. The number of anilines is 1. The lowest BCUT2D eigenvalue weighted by atomic mass is 10.1. The van der Waals surface area contributed by atoms with Crippen molar-refractivity contribution >= 4 is 45.1 Å². The number of nitrogens with zero attached hydrogens (tertiary/aromatic N) is 2. The summed E-state index contributed by atoms with van der Waals surface area (Å²) in [5, 5.41) is 22.0. The van der Waals surface area contributed by atoms with E-state index in [2.05, 4.69) is 15.5 Å². The molecule has 0 saturated heterocycles. The van der Waals surface area contributed by atoms with Gasteiger partial charge in [0.25, 0.3) is 5.91 Å². The number of carbonyl (C=O) groups excluding carboxylic acids is 1. The number of nitrogens with one attached hydrogen (secondary N) is 1. The zero-order chi connectivity index (χ0) is 22.5. The predicted octanol–water partition coefficient (Wildman–Crippen LogP) is 3.74. The highest BCUT2D eigenvalue weighted by atomic mass is 32.2. The van der Waals surface area contributed by atoms with E-state index in [0.29, 0.717) is 37.5 Å². The first-order chi connectivity index (χ1) is 15.5. The van der Waals surface area contributed by atoms with Gasteiger partial charge < -0.3 is 14.3 Å². The third-order valence-electron chi connectivity index (χ3n) is 4.38. The summed E-state index contributed by atoms with van der Waals surface area (Å²) in [7, 11) is 0. The largest absolute Gasteiger partial charge is 0.490 e. The van der Waals surface area contributed by atoms with Gasteiger partial charge >= 0.3 is 5.63 Å². The number of hydrogen-bond acceptors (Lipinski definition) is 9. The number of aliphatic hydroxyl groups excluding tert-OH is 1. The zero-order valence-electron chi connectivity index (χ0n) is 17.0. The molecule has 0 bridgehead atoms. The molecule has 0 aliphatic rings. The van der Waals surface area contributed by atoms with Crippen LogP contribution in [0, 0.1) is 6.92 Å². The summed E-state index contributed by atoms with van der Waals surface area (Å²) >= 11 is 2.52. The lowest BCUT2D eigenvalue weighted by molar-refractivity contribution is 0.102. The van der Waals surface area contributed by atoms with Crippen LogP contribution in [0.15, 0.2) is 68.1 Å². The second-order valence-electron chi connectivity index (χ2n) is 6.89. The average molecular weight is 470 g/mol. The molecule has 0 spiro atoms. The van der Waals surface area contributed by atoms with Crippen LogP contribution < -0.4 is 15.7 Å². The van der Waals surface area contributed by atoms with Crippen molar-refractivity contribution in [3.63, 3.8) is 0 Å². The first kappa shape index (κ1) is 22.0. The Balaban J connectivity index is 1.29. The maximum atomic E-state index is 12.3. The molecule has 2 aromatic carbocycles. The molecule has 2 heterocycles. The zero-order valence-corrected chi connectivity index (χ0v) is 18.6. The van der Waals surface area contributed by atoms with Crippen molar-refractivity contribution < 1.29 is 19.1 Å². The summed E-state index contributed by atoms with van der Waals surface area (Å²) < 4.78 is 11.4. The molecule has 4 aromatic rings. The SMILES string of the molecule is Cc1ccc(C(=O)Nc2nnc(SCC(O)COc3cc(=O)oc4ccccc34)s2)cc1. The first-order valence-electron chi connectivity index (χ1n) is 9.66. The number of hydrogen-bond donors (Lipinski definition) is 2. The summed E-state index contributed by atoms with van der Waals surface area (Å²) in [6, 6.07) is 15.5. The standard InChI is InChI=1S/C22H19N3O5S2/c1-13-6-8-14(9-7-13)20(28)23-21-24-25-22(32-21)31-12-15(26)11-29-18-10-19(27)30-17-5-3-2-4-16(17)18/h2-10,15,26H,11-12H2,1H3,(H,23,24,28). The van der Waals surface area contributed by atoms with Crippen LogP contribution in [0.5, 0.6) is 5.75 Å². The Kier molecular flexibility index (Phi) is 6.84. The number of benzene rings is 2. The summed E-state index contributed by atoms with van der Waals surface area (Å²) in [6.45, 7) is 1.95. The molecule has 2 N–H and O–H groups in total. The number of carbonyl (C=O) groups is 1. The second kappa shape index (κ2) is 9.94. The minimum absolute atomic E-state index is 0.00370. The molecule has 0 saturated carbocycles. The molecule has 32 heavy (non-hydrogen) atoms. The van der Waals surface area contributed by atoms with E-state index in [-0.39, 0.29) is 12.5 Å². The fraction of sp³-hybridized carbons (Fsp3) is 0.182. The molecule has 0 fully saturated rings. The van der Waals surface area contributed by atoms with Gasteiger partial charge in [0.1, 0.15) is 17.9 Å². The number of aromatic nitrogens is 2. The molecule has 164 valence electrons. The van der Waals surface area contributed by atoms with Crippen molar-refractivity contribution in [3.8, 4) is 5.75 Å². The van der Waals surface area contributed by atoms with Crippen LogP contribution in [-0.4, -0.2) is 39.7 Å². The highest BCUT2D eigenvalue weighted by molar-refractivity contribution is 8.01. The van der Waals surface area contributed by atoms with Gasteiger partial charge in [-0.3, -0.25) is 10.1 Å². The number of thioether (sulfide) groups is 1. The molecular formula is C22H19N3O5S2. The van der Waals surface area contributed by atoms with Crippen molar-refractivity contribution in [3.05, 3.63) is 76.1 Å². The molecule has 10 heteroatoms. The summed E-state index contributed by atoms with van der Waals surface area (Å²) in [5.74, 6) is 0.406. The molecule has 0 aliphatic carbocycles. The number of para-hydroxylation sites is 1. The third kappa shape index (κ3) is 5.52. The summed E-state index contributed by atoms with van der Waals surface area (Å²) in [4.78, 5) is 24.0. The molecule has 1 atom stereocenters. The normalized spacial score (nSPS) is 11.9. The smallest absolute Gasteiger partial charge is 0.339 e. The van der Waals surface area contributed by atoms with Gasteiger partial charge in [-0.2, -0.15) is 0 Å². The molecule has 2 aromatic heterocycles. The number of aliphatic hydroxyl groups is 1. The fourth-order valence-electron chi connectivity index (χ4n) is 2.80. The monoisotopic (exact) mass is 469 g/mol. The van der Waals surface area contributed by atoms with Crippen molar-refractivity contribution in [1.29, 1.82) is 0 Å².